The van der Waals surface area contributed by atoms with Crippen LogP contribution in [0.3, 0.4) is 0 Å². The zero-order chi connectivity index (χ0) is 10.2. The van der Waals surface area contributed by atoms with Gasteiger partial charge in [0, 0.05) is 6.07 Å². The molecule has 2 heterocycles. The van der Waals surface area contributed by atoms with E-state index >= 15 is 0 Å². The van der Waals surface area contributed by atoms with Crippen molar-refractivity contribution in [3.05, 3.63) is 17.5 Å². The predicted octanol–water partition coefficient (Wildman–Crippen LogP) is 0.590. The Labute approximate surface area is 80.6 Å². The third-order valence-corrected chi connectivity index (χ3v) is 2.50. The number of ether oxygens (including phenoxy) is 1. The first-order valence-corrected chi connectivity index (χ1v) is 4.46. The number of hydrogen-bond donors (Lipinski definition) is 1. The van der Waals surface area contributed by atoms with E-state index in [1.165, 1.54) is 0 Å². The fraction of sp³-hybridized carbons (Fsp3) is 0.556. The summed E-state index contributed by atoms with van der Waals surface area (Å²) in [4.78, 5) is 11.0. The minimum atomic E-state index is -1.000. The Morgan fingerprint density at radius 2 is 2.43 bits per heavy atom. The van der Waals surface area contributed by atoms with Crippen molar-refractivity contribution >= 4 is 5.97 Å². The Bertz CT molecular complexity index is 353. The highest BCUT2D eigenvalue weighted by Gasteiger charge is 2.51. The van der Waals surface area contributed by atoms with Gasteiger partial charge in [-0.2, -0.15) is 0 Å². The molecule has 1 fully saturated rings. The number of aliphatic carboxylic acids is 1. The molecule has 0 spiro atoms. The number of carbonyl (C=O) groups is 1. The van der Waals surface area contributed by atoms with Crippen LogP contribution in [0, 0.1) is 0 Å². The van der Waals surface area contributed by atoms with Crippen LogP contribution in [-0.2, 0) is 21.4 Å². The molecular formula is C9H11NO4. The van der Waals surface area contributed by atoms with Gasteiger partial charge in [0.2, 0.25) is 0 Å². The molecule has 0 amide bonds. The molecule has 1 aliphatic rings. The molecule has 76 valence electrons. The maximum absolute atomic E-state index is 11.0. The van der Waals surface area contributed by atoms with E-state index in [9.17, 15) is 4.79 Å². The molecule has 1 aromatic rings. The van der Waals surface area contributed by atoms with Crippen molar-refractivity contribution in [1.29, 1.82) is 0 Å². The van der Waals surface area contributed by atoms with Gasteiger partial charge >= 0.3 is 5.97 Å². The van der Waals surface area contributed by atoms with Crippen LogP contribution < -0.4 is 0 Å². The summed E-state index contributed by atoms with van der Waals surface area (Å²) in [6.07, 6.45) is 0.736. The molecule has 0 bridgehead atoms. The number of aryl methyl sites for hydroxylation is 1. The summed E-state index contributed by atoms with van der Waals surface area (Å²) < 4.78 is 9.94. The van der Waals surface area contributed by atoms with Gasteiger partial charge in [0.15, 0.2) is 11.2 Å². The lowest BCUT2D eigenvalue weighted by molar-refractivity contribution is -0.165. The summed E-state index contributed by atoms with van der Waals surface area (Å²) in [5.41, 5.74) is -0.229. The molecule has 1 saturated heterocycles. The largest absolute Gasteiger partial charge is 0.480 e. The lowest BCUT2D eigenvalue weighted by Crippen LogP contribution is -2.52. The average Bonchev–Trinajstić information content (AvgIpc) is 2.50. The molecule has 0 aliphatic carbocycles. The molecule has 0 saturated carbocycles. The summed E-state index contributed by atoms with van der Waals surface area (Å²) in [7, 11) is 0. The molecule has 0 radical (unpaired) electrons. The highest BCUT2D eigenvalue weighted by molar-refractivity contribution is 5.81. The van der Waals surface area contributed by atoms with Gasteiger partial charge in [0.05, 0.1) is 18.9 Å². The first kappa shape index (κ1) is 9.21. The van der Waals surface area contributed by atoms with E-state index in [1.54, 1.807) is 6.07 Å². The van der Waals surface area contributed by atoms with Crippen LogP contribution in [-0.4, -0.2) is 29.4 Å². The molecule has 1 aliphatic heterocycles. The van der Waals surface area contributed by atoms with Crippen molar-refractivity contribution in [2.24, 2.45) is 0 Å². The number of rotatable bonds is 3. The molecule has 0 aromatic carbocycles. The van der Waals surface area contributed by atoms with Gasteiger partial charge in [0.1, 0.15) is 0 Å². The van der Waals surface area contributed by atoms with E-state index in [1.807, 2.05) is 6.92 Å². The molecule has 14 heavy (non-hydrogen) atoms. The SMILES string of the molecule is CCc1cc(C2(C(=O)O)COC2)on1. The molecule has 1 N–H and O–H groups in total. The number of carboxylic acids is 1. The first-order chi connectivity index (χ1) is 6.69. The van der Waals surface area contributed by atoms with Gasteiger partial charge in [0.25, 0.3) is 0 Å². The van der Waals surface area contributed by atoms with Crippen molar-refractivity contribution in [1.82, 2.24) is 5.16 Å². The van der Waals surface area contributed by atoms with Crippen LogP contribution in [0.1, 0.15) is 18.4 Å². The van der Waals surface area contributed by atoms with Gasteiger partial charge in [-0.3, -0.25) is 4.79 Å². The lowest BCUT2D eigenvalue weighted by Gasteiger charge is -2.34. The Hall–Kier alpha value is -1.36. The van der Waals surface area contributed by atoms with Gasteiger partial charge in [-0.1, -0.05) is 12.1 Å². The monoisotopic (exact) mass is 197 g/mol. The minimum absolute atomic E-state index is 0.167. The third-order valence-electron chi connectivity index (χ3n) is 2.50. The Balaban J connectivity index is 2.32. The standard InChI is InChI=1S/C9H11NO4/c1-2-6-3-7(14-10-6)9(8(11)12)4-13-5-9/h3H,2,4-5H2,1H3,(H,11,12). The third kappa shape index (κ3) is 1.13. The first-order valence-electron chi connectivity index (χ1n) is 4.46. The summed E-state index contributed by atoms with van der Waals surface area (Å²) in [6.45, 7) is 2.27. The Morgan fingerprint density at radius 3 is 2.79 bits per heavy atom. The van der Waals surface area contributed by atoms with Crippen LogP contribution in [0.5, 0.6) is 0 Å². The van der Waals surface area contributed by atoms with Crippen LogP contribution in [0.15, 0.2) is 10.6 Å². The van der Waals surface area contributed by atoms with E-state index in [4.69, 9.17) is 14.4 Å². The Kier molecular flexibility index (Phi) is 2.03. The van der Waals surface area contributed by atoms with Gasteiger partial charge in [-0.05, 0) is 6.42 Å². The van der Waals surface area contributed by atoms with Crippen molar-refractivity contribution in [2.75, 3.05) is 13.2 Å². The zero-order valence-electron chi connectivity index (χ0n) is 7.82. The average molecular weight is 197 g/mol. The number of nitrogens with zero attached hydrogens (tertiary/aromatic N) is 1. The van der Waals surface area contributed by atoms with E-state index < -0.39 is 11.4 Å². The van der Waals surface area contributed by atoms with Crippen molar-refractivity contribution < 1.29 is 19.2 Å². The van der Waals surface area contributed by atoms with E-state index in [0.29, 0.717) is 5.76 Å². The predicted molar refractivity (Wildman–Crippen MR) is 46.0 cm³/mol. The quantitative estimate of drug-likeness (QED) is 0.767. The molecule has 5 nitrogen and oxygen atoms in total. The normalized spacial score (nSPS) is 18.9. The second-order valence-electron chi connectivity index (χ2n) is 3.42. The summed E-state index contributed by atoms with van der Waals surface area (Å²) in [6, 6.07) is 1.69. The zero-order valence-corrected chi connectivity index (χ0v) is 7.82. The van der Waals surface area contributed by atoms with E-state index in [2.05, 4.69) is 5.16 Å². The number of aromatic nitrogens is 1. The highest BCUT2D eigenvalue weighted by Crippen LogP contribution is 2.33. The maximum Gasteiger partial charge on any atom is 0.322 e. The smallest absolute Gasteiger partial charge is 0.322 e. The Morgan fingerprint density at radius 1 is 1.71 bits per heavy atom. The number of hydrogen-bond acceptors (Lipinski definition) is 4. The molecule has 1 aromatic heterocycles. The summed E-state index contributed by atoms with van der Waals surface area (Å²) in [5.74, 6) is -0.518. The van der Waals surface area contributed by atoms with Gasteiger partial charge in [-0.25, -0.2) is 0 Å². The van der Waals surface area contributed by atoms with Crippen LogP contribution in [0.4, 0.5) is 0 Å². The van der Waals surface area contributed by atoms with E-state index in [0.717, 1.165) is 12.1 Å². The van der Waals surface area contributed by atoms with Crippen LogP contribution in [0.2, 0.25) is 0 Å². The fourth-order valence-electron chi connectivity index (χ4n) is 1.38. The molecule has 2 rings (SSSR count). The fourth-order valence-corrected chi connectivity index (χ4v) is 1.38. The summed E-state index contributed by atoms with van der Waals surface area (Å²) in [5, 5.41) is 12.8. The second-order valence-corrected chi connectivity index (χ2v) is 3.42. The van der Waals surface area contributed by atoms with Crippen LogP contribution in [0.25, 0.3) is 0 Å². The topological polar surface area (TPSA) is 72.6 Å². The maximum atomic E-state index is 11.0. The molecule has 0 unspecified atom stereocenters. The van der Waals surface area contributed by atoms with Gasteiger partial charge in [-0.15, -0.1) is 0 Å². The molecule has 0 atom stereocenters. The summed E-state index contributed by atoms with van der Waals surface area (Å²) >= 11 is 0. The van der Waals surface area contributed by atoms with Crippen molar-refractivity contribution in [2.45, 2.75) is 18.8 Å². The second kappa shape index (κ2) is 3.09. The van der Waals surface area contributed by atoms with Gasteiger partial charge < -0.3 is 14.4 Å². The van der Waals surface area contributed by atoms with E-state index in [-0.39, 0.29) is 13.2 Å². The minimum Gasteiger partial charge on any atom is -0.480 e. The van der Waals surface area contributed by atoms with Crippen molar-refractivity contribution in [3.8, 4) is 0 Å². The molecule has 5 heteroatoms. The highest BCUT2D eigenvalue weighted by atomic mass is 16.5. The lowest BCUT2D eigenvalue weighted by atomic mass is 9.83. The molecular weight excluding hydrogens is 186 g/mol. The number of carboxylic acid groups (broad SMARTS) is 1. The van der Waals surface area contributed by atoms with Crippen LogP contribution >= 0.6 is 0 Å². The van der Waals surface area contributed by atoms with Crippen molar-refractivity contribution in [3.63, 3.8) is 0 Å².